The van der Waals surface area contributed by atoms with E-state index in [-0.39, 0.29) is 0 Å². The highest BCUT2D eigenvalue weighted by Crippen LogP contribution is 2.28. The highest BCUT2D eigenvalue weighted by atomic mass is 35.5. The molecule has 1 saturated carbocycles. The molecule has 0 radical (unpaired) electrons. The number of hydrogen-bond donors (Lipinski definition) is 2. The first-order chi connectivity index (χ1) is 12.7. The number of nitrogens with zero attached hydrogens (tertiary/aromatic N) is 3. The lowest BCUT2D eigenvalue weighted by atomic mass is 10.2. The number of halogens is 1. The lowest BCUT2D eigenvalue weighted by molar-refractivity contribution is 0.378. The Morgan fingerprint density at radius 3 is 2.85 bits per heavy atom. The summed E-state index contributed by atoms with van der Waals surface area (Å²) >= 11 is 7.85. The molecule has 26 heavy (non-hydrogen) atoms. The van der Waals surface area contributed by atoms with Gasteiger partial charge in [-0.05, 0) is 49.8 Å². The molecule has 2 aromatic rings. The van der Waals surface area contributed by atoms with Crippen LogP contribution < -0.4 is 10.6 Å². The Morgan fingerprint density at radius 2 is 2.15 bits per heavy atom. The van der Waals surface area contributed by atoms with Gasteiger partial charge in [0.2, 0.25) is 11.7 Å². The quantitative estimate of drug-likeness (QED) is 0.578. The number of nitrogens with one attached hydrogen (secondary N) is 2. The van der Waals surface area contributed by atoms with Gasteiger partial charge in [0, 0.05) is 41.9 Å². The summed E-state index contributed by atoms with van der Waals surface area (Å²) in [6, 6.07) is 7.89. The molecule has 2 unspecified atom stereocenters. The molecule has 1 heterocycles. The maximum Gasteiger partial charge on any atom is 0.228 e. The molecule has 1 aromatic carbocycles. The summed E-state index contributed by atoms with van der Waals surface area (Å²) in [5.41, 5.74) is 0.888. The van der Waals surface area contributed by atoms with Crippen LogP contribution in [0.4, 0.5) is 0 Å². The molecule has 1 fully saturated rings. The van der Waals surface area contributed by atoms with E-state index in [1.807, 2.05) is 36.0 Å². The van der Waals surface area contributed by atoms with Gasteiger partial charge in [0.15, 0.2) is 5.96 Å². The molecule has 6 nitrogen and oxygen atoms in total. The summed E-state index contributed by atoms with van der Waals surface area (Å²) < 4.78 is 5.33. The van der Waals surface area contributed by atoms with Crippen LogP contribution in [0.1, 0.15) is 25.2 Å². The second-order valence-electron chi connectivity index (χ2n) is 6.28. The Labute approximate surface area is 163 Å². The van der Waals surface area contributed by atoms with E-state index in [1.165, 1.54) is 19.3 Å². The van der Waals surface area contributed by atoms with Crippen molar-refractivity contribution in [2.75, 3.05) is 19.8 Å². The Morgan fingerprint density at radius 1 is 1.35 bits per heavy atom. The summed E-state index contributed by atoms with van der Waals surface area (Å²) in [6.07, 6.45) is 6.48. The van der Waals surface area contributed by atoms with Crippen LogP contribution in [0, 0.1) is 0 Å². The van der Waals surface area contributed by atoms with Crippen LogP contribution in [0.3, 0.4) is 0 Å². The number of benzene rings is 1. The largest absolute Gasteiger partial charge is 0.356 e. The smallest absolute Gasteiger partial charge is 0.228 e. The van der Waals surface area contributed by atoms with Gasteiger partial charge >= 0.3 is 0 Å². The first-order valence-electron chi connectivity index (χ1n) is 8.76. The molecular formula is C18H24ClN5OS. The highest BCUT2D eigenvalue weighted by molar-refractivity contribution is 7.99. The van der Waals surface area contributed by atoms with E-state index in [2.05, 4.69) is 32.0 Å². The number of thioether (sulfide) groups is 1. The standard InChI is InChI=1S/C18H24ClN5OS/c1-20-18(22-14-7-8-15(11-14)26-2)21-10-9-16-23-17(24-25-16)12-3-5-13(19)6-4-12/h3-6,14-15H,7-11H2,1-2H3,(H2,20,21,22). The van der Waals surface area contributed by atoms with E-state index in [0.717, 1.165) is 16.8 Å². The van der Waals surface area contributed by atoms with Crippen LogP contribution >= 0.6 is 23.4 Å². The van der Waals surface area contributed by atoms with Gasteiger partial charge in [0.1, 0.15) is 0 Å². The van der Waals surface area contributed by atoms with Crippen molar-refractivity contribution in [3.63, 3.8) is 0 Å². The van der Waals surface area contributed by atoms with Gasteiger partial charge in [-0.15, -0.1) is 0 Å². The maximum absolute atomic E-state index is 5.90. The first-order valence-corrected chi connectivity index (χ1v) is 10.4. The molecule has 0 aliphatic heterocycles. The van der Waals surface area contributed by atoms with Gasteiger partial charge < -0.3 is 15.2 Å². The van der Waals surface area contributed by atoms with E-state index in [1.54, 1.807) is 7.05 Å². The van der Waals surface area contributed by atoms with Gasteiger partial charge in [0.05, 0.1) is 0 Å². The summed E-state index contributed by atoms with van der Waals surface area (Å²) in [5.74, 6) is 2.00. The van der Waals surface area contributed by atoms with Crippen molar-refractivity contribution >= 4 is 29.3 Å². The Hall–Kier alpha value is -1.73. The second-order valence-corrected chi connectivity index (χ2v) is 7.85. The number of rotatable bonds is 6. The number of hydrogen-bond acceptors (Lipinski definition) is 5. The fourth-order valence-corrected chi connectivity index (χ4v) is 3.96. The molecule has 3 rings (SSSR count). The van der Waals surface area contributed by atoms with Crippen molar-refractivity contribution in [2.24, 2.45) is 4.99 Å². The zero-order valence-electron chi connectivity index (χ0n) is 15.0. The van der Waals surface area contributed by atoms with Gasteiger partial charge in [-0.3, -0.25) is 4.99 Å². The van der Waals surface area contributed by atoms with Crippen LogP contribution in [0.2, 0.25) is 5.02 Å². The van der Waals surface area contributed by atoms with Gasteiger partial charge in [0.25, 0.3) is 0 Å². The zero-order valence-corrected chi connectivity index (χ0v) is 16.6. The average molecular weight is 394 g/mol. The van der Waals surface area contributed by atoms with E-state index in [9.17, 15) is 0 Å². The third kappa shape index (κ3) is 5.14. The fourth-order valence-electron chi connectivity index (χ4n) is 3.03. The molecule has 8 heteroatoms. The molecule has 0 bridgehead atoms. The third-order valence-corrected chi connectivity index (χ3v) is 5.83. The van der Waals surface area contributed by atoms with E-state index < -0.39 is 0 Å². The maximum atomic E-state index is 5.90. The second kappa shape index (κ2) is 9.28. The summed E-state index contributed by atoms with van der Waals surface area (Å²) in [4.78, 5) is 8.74. The molecule has 0 saturated heterocycles. The minimum Gasteiger partial charge on any atom is -0.356 e. The minimum absolute atomic E-state index is 0.499. The lowest BCUT2D eigenvalue weighted by Gasteiger charge is -2.16. The molecule has 0 amide bonds. The minimum atomic E-state index is 0.499. The SMILES string of the molecule is CN=C(NCCc1nc(-c2ccc(Cl)cc2)no1)NC1CCC(SC)C1. The molecule has 2 atom stereocenters. The Kier molecular flexibility index (Phi) is 6.80. The predicted octanol–water partition coefficient (Wildman–Crippen LogP) is 3.38. The van der Waals surface area contributed by atoms with Crippen molar-refractivity contribution in [1.82, 2.24) is 20.8 Å². The van der Waals surface area contributed by atoms with Gasteiger partial charge in [-0.1, -0.05) is 16.8 Å². The number of guanidine groups is 1. The third-order valence-electron chi connectivity index (χ3n) is 4.48. The normalized spacial score (nSPS) is 20.3. The van der Waals surface area contributed by atoms with Crippen molar-refractivity contribution in [1.29, 1.82) is 0 Å². The number of aliphatic imine (C=N–C) groups is 1. The highest BCUT2D eigenvalue weighted by Gasteiger charge is 2.24. The Bertz CT molecular complexity index is 733. The van der Waals surface area contributed by atoms with Crippen molar-refractivity contribution < 1.29 is 4.52 Å². The molecule has 1 aliphatic carbocycles. The zero-order chi connectivity index (χ0) is 18.4. The first kappa shape index (κ1) is 19.0. The molecule has 1 aromatic heterocycles. The van der Waals surface area contributed by atoms with E-state index in [0.29, 0.717) is 35.7 Å². The molecule has 0 spiro atoms. The van der Waals surface area contributed by atoms with Crippen LogP contribution in [0.25, 0.3) is 11.4 Å². The van der Waals surface area contributed by atoms with E-state index in [4.69, 9.17) is 16.1 Å². The van der Waals surface area contributed by atoms with Crippen molar-refractivity contribution in [2.45, 2.75) is 37.0 Å². The van der Waals surface area contributed by atoms with Crippen LogP contribution in [-0.2, 0) is 6.42 Å². The summed E-state index contributed by atoms with van der Waals surface area (Å²) in [5, 5.41) is 12.3. The van der Waals surface area contributed by atoms with Crippen molar-refractivity contribution in [3.05, 3.63) is 35.2 Å². The molecule has 140 valence electrons. The number of aromatic nitrogens is 2. The monoisotopic (exact) mass is 393 g/mol. The summed E-state index contributed by atoms with van der Waals surface area (Å²) in [7, 11) is 1.79. The van der Waals surface area contributed by atoms with Crippen LogP contribution in [0.5, 0.6) is 0 Å². The van der Waals surface area contributed by atoms with Crippen LogP contribution in [-0.4, -0.2) is 47.2 Å². The van der Waals surface area contributed by atoms with Crippen LogP contribution in [0.15, 0.2) is 33.8 Å². The molecule has 1 aliphatic rings. The lowest BCUT2D eigenvalue weighted by Crippen LogP contribution is -2.43. The van der Waals surface area contributed by atoms with Crippen molar-refractivity contribution in [3.8, 4) is 11.4 Å². The van der Waals surface area contributed by atoms with Gasteiger partial charge in [-0.25, -0.2) is 0 Å². The Balaban J connectivity index is 1.46. The van der Waals surface area contributed by atoms with Gasteiger partial charge in [-0.2, -0.15) is 16.7 Å². The summed E-state index contributed by atoms with van der Waals surface area (Å²) in [6.45, 7) is 0.681. The molecule has 2 N–H and O–H groups in total. The predicted molar refractivity (Wildman–Crippen MR) is 108 cm³/mol. The molecular weight excluding hydrogens is 370 g/mol. The average Bonchev–Trinajstić information content (AvgIpc) is 3.31. The topological polar surface area (TPSA) is 75.3 Å². The van der Waals surface area contributed by atoms with E-state index >= 15 is 0 Å². The fraction of sp³-hybridized carbons (Fsp3) is 0.500.